The Morgan fingerprint density at radius 2 is 2.07 bits per heavy atom. The van der Waals surface area contributed by atoms with Crippen LogP contribution in [0.25, 0.3) is 0 Å². The number of nitrogens with two attached hydrogens (primary N) is 1. The Balaban J connectivity index is 1.98. The zero-order chi connectivity index (χ0) is 10.2. The van der Waals surface area contributed by atoms with Crippen LogP contribution in [0.1, 0.15) is 32.1 Å². The number of nitrogens with one attached hydrogen (secondary N) is 2. The van der Waals surface area contributed by atoms with Crippen molar-refractivity contribution in [1.82, 2.24) is 10.6 Å². The molecule has 1 amide bonds. The quantitative estimate of drug-likeness (QED) is 0.527. The smallest absolute Gasteiger partial charge is 0.234 e. The lowest BCUT2D eigenvalue weighted by Crippen LogP contribution is -2.39. The lowest BCUT2D eigenvalue weighted by molar-refractivity contribution is -0.120. The first kappa shape index (κ1) is 11.5. The first-order valence-corrected chi connectivity index (χ1v) is 5.53. The molecular weight excluding hydrogens is 178 g/mol. The molecule has 1 rings (SSSR count). The van der Waals surface area contributed by atoms with Crippen molar-refractivity contribution in [2.75, 3.05) is 19.6 Å². The van der Waals surface area contributed by atoms with Crippen LogP contribution in [0.15, 0.2) is 0 Å². The number of hydrogen-bond donors (Lipinski definition) is 3. The number of amides is 1. The maximum absolute atomic E-state index is 11.4. The van der Waals surface area contributed by atoms with E-state index in [1.807, 2.05) is 0 Å². The average Bonchev–Trinajstić information content (AvgIpc) is 2.65. The third kappa shape index (κ3) is 4.58. The Labute approximate surface area is 85.6 Å². The summed E-state index contributed by atoms with van der Waals surface area (Å²) in [5.41, 5.74) is 5.34. The van der Waals surface area contributed by atoms with Crippen molar-refractivity contribution in [2.45, 2.75) is 38.1 Å². The van der Waals surface area contributed by atoms with Gasteiger partial charge in [0.15, 0.2) is 0 Å². The maximum Gasteiger partial charge on any atom is 0.234 e. The molecule has 0 saturated heterocycles. The van der Waals surface area contributed by atoms with E-state index in [0.29, 0.717) is 19.1 Å². The van der Waals surface area contributed by atoms with E-state index in [0.717, 1.165) is 25.8 Å². The van der Waals surface area contributed by atoms with Gasteiger partial charge in [-0.1, -0.05) is 12.8 Å². The molecule has 4 N–H and O–H groups in total. The van der Waals surface area contributed by atoms with Gasteiger partial charge < -0.3 is 16.4 Å². The van der Waals surface area contributed by atoms with Crippen molar-refractivity contribution in [2.24, 2.45) is 5.73 Å². The van der Waals surface area contributed by atoms with Gasteiger partial charge in [0, 0.05) is 6.04 Å². The summed E-state index contributed by atoms with van der Waals surface area (Å²) in [6.45, 7) is 1.93. The van der Waals surface area contributed by atoms with Gasteiger partial charge in [0.2, 0.25) is 5.91 Å². The number of hydrogen-bond acceptors (Lipinski definition) is 3. The second kappa shape index (κ2) is 6.79. The minimum Gasteiger partial charge on any atom is -0.352 e. The van der Waals surface area contributed by atoms with Crippen molar-refractivity contribution >= 4 is 5.91 Å². The van der Waals surface area contributed by atoms with Gasteiger partial charge >= 0.3 is 0 Å². The summed E-state index contributed by atoms with van der Waals surface area (Å²) in [6, 6.07) is 0.429. The highest BCUT2D eigenvalue weighted by Gasteiger charge is 2.16. The van der Waals surface area contributed by atoms with Crippen molar-refractivity contribution in [1.29, 1.82) is 0 Å². The Morgan fingerprint density at radius 3 is 2.71 bits per heavy atom. The van der Waals surface area contributed by atoms with E-state index >= 15 is 0 Å². The Morgan fingerprint density at radius 1 is 1.36 bits per heavy atom. The zero-order valence-electron chi connectivity index (χ0n) is 8.72. The highest BCUT2D eigenvalue weighted by atomic mass is 16.1. The topological polar surface area (TPSA) is 67.1 Å². The van der Waals surface area contributed by atoms with E-state index in [9.17, 15) is 4.79 Å². The highest BCUT2D eigenvalue weighted by molar-refractivity contribution is 5.78. The lowest BCUT2D eigenvalue weighted by Gasteiger charge is -2.11. The van der Waals surface area contributed by atoms with E-state index in [-0.39, 0.29) is 5.91 Å². The molecule has 0 unspecified atom stereocenters. The SMILES string of the molecule is NCCCNCC(=O)NC1CCCC1. The van der Waals surface area contributed by atoms with E-state index in [1.54, 1.807) is 0 Å². The predicted octanol–water partition coefficient (Wildman–Crippen LogP) is -0.0164. The molecule has 0 aromatic heterocycles. The van der Waals surface area contributed by atoms with Crippen LogP contribution in [0.5, 0.6) is 0 Å². The second-order valence-electron chi connectivity index (χ2n) is 3.87. The third-order valence-electron chi connectivity index (χ3n) is 2.56. The average molecular weight is 199 g/mol. The van der Waals surface area contributed by atoms with Crippen LogP contribution >= 0.6 is 0 Å². The van der Waals surface area contributed by atoms with Gasteiger partial charge in [-0.25, -0.2) is 0 Å². The van der Waals surface area contributed by atoms with Crippen molar-refractivity contribution in [3.05, 3.63) is 0 Å². The van der Waals surface area contributed by atoms with Crippen LogP contribution in [0, 0.1) is 0 Å². The molecule has 82 valence electrons. The fourth-order valence-corrected chi connectivity index (χ4v) is 1.78. The minimum atomic E-state index is 0.119. The highest BCUT2D eigenvalue weighted by Crippen LogP contribution is 2.17. The molecular formula is C10H21N3O. The molecule has 14 heavy (non-hydrogen) atoms. The van der Waals surface area contributed by atoms with Crippen LogP contribution in [0.2, 0.25) is 0 Å². The van der Waals surface area contributed by atoms with Crippen LogP contribution in [-0.4, -0.2) is 31.6 Å². The Hall–Kier alpha value is -0.610. The van der Waals surface area contributed by atoms with E-state index in [4.69, 9.17) is 5.73 Å². The third-order valence-corrected chi connectivity index (χ3v) is 2.56. The van der Waals surface area contributed by atoms with Crippen LogP contribution in [0.4, 0.5) is 0 Å². The Kier molecular flexibility index (Phi) is 5.56. The maximum atomic E-state index is 11.4. The molecule has 0 atom stereocenters. The monoisotopic (exact) mass is 199 g/mol. The normalized spacial score (nSPS) is 17.2. The first-order valence-electron chi connectivity index (χ1n) is 5.53. The first-order chi connectivity index (χ1) is 6.83. The summed E-state index contributed by atoms with van der Waals surface area (Å²) in [7, 11) is 0. The molecule has 4 nitrogen and oxygen atoms in total. The molecule has 0 aromatic carbocycles. The predicted molar refractivity (Wildman–Crippen MR) is 56.9 cm³/mol. The molecule has 0 heterocycles. The van der Waals surface area contributed by atoms with E-state index < -0.39 is 0 Å². The van der Waals surface area contributed by atoms with Crippen molar-refractivity contribution in [3.63, 3.8) is 0 Å². The standard InChI is InChI=1S/C10H21N3O/c11-6-3-7-12-8-10(14)13-9-4-1-2-5-9/h9,12H,1-8,11H2,(H,13,14). The molecule has 1 aliphatic carbocycles. The Bertz CT molecular complexity index is 167. The van der Waals surface area contributed by atoms with Gasteiger partial charge in [0.1, 0.15) is 0 Å². The molecule has 1 saturated carbocycles. The number of carbonyl (C=O) groups excluding carboxylic acids is 1. The summed E-state index contributed by atoms with van der Waals surface area (Å²) < 4.78 is 0. The molecule has 0 spiro atoms. The van der Waals surface area contributed by atoms with Crippen molar-refractivity contribution < 1.29 is 4.79 Å². The second-order valence-corrected chi connectivity index (χ2v) is 3.87. The fourth-order valence-electron chi connectivity index (χ4n) is 1.78. The summed E-state index contributed by atoms with van der Waals surface area (Å²) in [6.07, 6.45) is 5.73. The summed E-state index contributed by atoms with van der Waals surface area (Å²) in [4.78, 5) is 11.4. The zero-order valence-corrected chi connectivity index (χ0v) is 8.72. The summed E-state index contributed by atoms with van der Waals surface area (Å²) in [5.74, 6) is 0.119. The van der Waals surface area contributed by atoms with Crippen LogP contribution in [0.3, 0.4) is 0 Å². The molecule has 1 aliphatic rings. The number of carbonyl (C=O) groups is 1. The summed E-state index contributed by atoms with van der Waals surface area (Å²) in [5, 5.41) is 6.09. The molecule has 0 aromatic rings. The largest absolute Gasteiger partial charge is 0.352 e. The molecule has 0 radical (unpaired) electrons. The van der Waals surface area contributed by atoms with Gasteiger partial charge in [-0.15, -0.1) is 0 Å². The van der Waals surface area contributed by atoms with Gasteiger partial charge in [-0.05, 0) is 32.4 Å². The molecule has 1 fully saturated rings. The fraction of sp³-hybridized carbons (Fsp3) is 0.900. The van der Waals surface area contributed by atoms with Crippen molar-refractivity contribution in [3.8, 4) is 0 Å². The number of rotatable bonds is 6. The van der Waals surface area contributed by atoms with E-state index in [2.05, 4.69) is 10.6 Å². The molecule has 0 bridgehead atoms. The van der Waals surface area contributed by atoms with Gasteiger partial charge in [0.05, 0.1) is 6.54 Å². The van der Waals surface area contributed by atoms with Crippen LogP contribution in [-0.2, 0) is 4.79 Å². The van der Waals surface area contributed by atoms with Gasteiger partial charge in [-0.3, -0.25) is 4.79 Å². The minimum absolute atomic E-state index is 0.119. The molecule has 0 aliphatic heterocycles. The van der Waals surface area contributed by atoms with E-state index in [1.165, 1.54) is 12.8 Å². The lowest BCUT2D eigenvalue weighted by atomic mass is 10.2. The summed E-state index contributed by atoms with van der Waals surface area (Å²) >= 11 is 0. The van der Waals surface area contributed by atoms with Gasteiger partial charge in [-0.2, -0.15) is 0 Å². The molecule has 4 heteroatoms. The van der Waals surface area contributed by atoms with Gasteiger partial charge in [0.25, 0.3) is 0 Å². The van der Waals surface area contributed by atoms with Crippen LogP contribution < -0.4 is 16.4 Å².